The number of benzene rings is 1. The van der Waals surface area contributed by atoms with Gasteiger partial charge in [-0.3, -0.25) is 4.90 Å². The van der Waals surface area contributed by atoms with Crippen LogP contribution in [-0.2, 0) is 6.54 Å². The molecular weight excluding hydrogens is 366 g/mol. The first-order chi connectivity index (χ1) is 13.8. The molecule has 0 radical (unpaired) electrons. The summed E-state index contributed by atoms with van der Waals surface area (Å²) in [6, 6.07) is 15.5. The maximum absolute atomic E-state index is 4.48. The van der Waals surface area contributed by atoms with Crippen LogP contribution in [-0.4, -0.2) is 37.6 Å². The molecule has 28 heavy (non-hydrogen) atoms. The number of rotatable bonds is 4. The Kier molecular flexibility index (Phi) is 4.66. The summed E-state index contributed by atoms with van der Waals surface area (Å²) >= 11 is 1.79. The molecule has 1 aliphatic rings. The van der Waals surface area contributed by atoms with Crippen LogP contribution in [0.3, 0.4) is 0 Å². The summed E-state index contributed by atoms with van der Waals surface area (Å²) in [5.74, 6) is 1.17. The van der Waals surface area contributed by atoms with E-state index < -0.39 is 0 Å². The largest absolute Gasteiger partial charge is 0.298 e. The summed E-state index contributed by atoms with van der Waals surface area (Å²) in [4.78, 5) is 12.7. The highest BCUT2D eigenvalue weighted by molar-refractivity contribution is 7.13. The van der Waals surface area contributed by atoms with Gasteiger partial charge in [0.15, 0.2) is 0 Å². The molecule has 4 aromatic rings. The minimum Gasteiger partial charge on any atom is -0.298 e. The third-order valence-electron chi connectivity index (χ3n) is 5.50. The van der Waals surface area contributed by atoms with Crippen molar-refractivity contribution in [2.45, 2.75) is 32.2 Å². The zero-order valence-corrected chi connectivity index (χ0v) is 16.8. The number of thiophene rings is 1. The molecule has 1 aromatic carbocycles. The smallest absolute Gasteiger partial charge is 0.252 e. The quantitative estimate of drug-likeness (QED) is 0.514. The highest BCUT2D eigenvalue weighted by atomic mass is 32.1. The number of aryl methyl sites for hydroxylation is 1. The van der Waals surface area contributed by atoms with Crippen LogP contribution in [0.25, 0.3) is 16.2 Å². The molecule has 142 valence electrons. The molecule has 1 unspecified atom stereocenters. The van der Waals surface area contributed by atoms with Crippen molar-refractivity contribution in [3.63, 3.8) is 0 Å². The molecule has 5 rings (SSSR count). The maximum Gasteiger partial charge on any atom is 0.252 e. The second-order valence-electron chi connectivity index (χ2n) is 7.54. The number of piperidine rings is 1. The number of nitrogens with zero attached hydrogens (tertiary/aromatic N) is 5. The van der Waals surface area contributed by atoms with Crippen LogP contribution in [0.5, 0.6) is 0 Å². The molecule has 6 heteroatoms. The third kappa shape index (κ3) is 3.45. The lowest BCUT2D eigenvalue weighted by molar-refractivity contribution is 0.197. The zero-order valence-electron chi connectivity index (χ0n) is 16.0. The first-order valence-corrected chi connectivity index (χ1v) is 10.7. The molecule has 0 bridgehead atoms. The Labute approximate surface area is 168 Å². The second-order valence-corrected chi connectivity index (χ2v) is 8.49. The fraction of sp³-hybridized carbons (Fsp3) is 0.318. The summed E-state index contributed by atoms with van der Waals surface area (Å²) < 4.78 is 1.91. The van der Waals surface area contributed by atoms with Crippen LogP contribution >= 0.6 is 11.3 Å². The van der Waals surface area contributed by atoms with Gasteiger partial charge in [0.25, 0.3) is 5.78 Å². The highest BCUT2D eigenvalue weighted by Crippen LogP contribution is 2.29. The van der Waals surface area contributed by atoms with Crippen LogP contribution in [0.4, 0.5) is 0 Å². The monoisotopic (exact) mass is 389 g/mol. The Hall–Kier alpha value is -2.57. The predicted octanol–water partition coefficient (Wildman–Crippen LogP) is 4.54. The van der Waals surface area contributed by atoms with Gasteiger partial charge in [0.1, 0.15) is 6.33 Å². The van der Waals surface area contributed by atoms with E-state index in [9.17, 15) is 0 Å². The van der Waals surface area contributed by atoms with E-state index in [2.05, 4.69) is 67.8 Å². The molecule has 1 fully saturated rings. The summed E-state index contributed by atoms with van der Waals surface area (Å²) in [5.41, 5.74) is 4.92. The van der Waals surface area contributed by atoms with Gasteiger partial charge in [-0.1, -0.05) is 30.3 Å². The zero-order chi connectivity index (χ0) is 18.9. The van der Waals surface area contributed by atoms with Gasteiger partial charge in [0, 0.05) is 29.6 Å². The molecular formula is C22H23N5S. The number of hydrogen-bond acceptors (Lipinski definition) is 5. The molecule has 1 saturated heterocycles. The van der Waals surface area contributed by atoms with Gasteiger partial charge in [0.05, 0.1) is 5.69 Å². The molecule has 0 spiro atoms. The minimum atomic E-state index is 0.463. The minimum absolute atomic E-state index is 0.463. The molecule has 0 aliphatic carbocycles. The topological polar surface area (TPSA) is 46.3 Å². The van der Waals surface area contributed by atoms with Crippen LogP contribution in [0, 0.1) is 6.92 Å². The molecule has 3 aromatic heterocycles. The molecule has 0 N–H and O–H groups in total. The van der Waals surface area contributed by atoms with Crippen molar-refractivity contribution in [3.05, 3.63) is 71.1 Å². The Bertz CT molecular complexity index is 1070. The number of hydrogen-bond donors (Lipinski definition) is 0. The van der Waals surface area contributed by atoms with Crippen molar-refractivity contribution in [1.29, 1.82) is 0 Å². The van der Waals surface area contributed by atoms with Crippen molar-refractivity contribution in [3.8, 4) is 10.4 Å². The average molecular weight is 390 g/mol. The van der Waals surface area contributed by atoms with Crippen LogP contribution in [0.2, 0.25) is 0 Å². The highest BCUT2D eigenvalue weighted by Gasteiger charge is 2.24. The van der Waals surface area contributed by atoms with Crippen molar-refractivity contribution in [2.24, 2.45) is 0 Å². The van der Waals surface area contributed by atoms with Crippen molar-refractivity contribution >= 4 is 17.1 Å². The van der Waals surface area contributed by atoms with Gasteiger partial charge in [-0.05, 0) is 54.9 Å². The molecule has 4 heterocycles. The van der Waals surface area contributed by atoms with E-state index in [4.69, 9.17) is 0 Å². The second kappa shape index (κ2) is 7.45. The van der Waals surface area contributed by atoms with Crippen molar-refractivity contribution < 1.29 is 0 Å². The first-order valence-electron chi connectivity index (χ1n) is 9.79. The van der Waals surface area contributed by atoms with E-state index in [1.54, 1.807) is 17.7 Å². The summed E-state index contributed by atoms with van der Waals surface area (Å²) in [6.07, 6.45) is 3.99. The molecule has 5 nitrogen and oxygen atoms in total. The normalized spacial score (nSPS) is 18.0. The van der Waals surface area contributed by atoms with Gasteiger partial charge >= 0.3 is 0 Å². The van der Waals surface area contributed by atoms with E-state index in [0.717, 1.165) is 25.3 Å². The van der Waals surface area contributed by atoms with E-state index >= 15 is 0 Å². The fourth-order valence-electron chi connectivity index (χ4n) is 4.17. The van der Waals surface area contributed by atoms with Gasteiger partial charge in [0.2, 0.25) is 0 Å². The predicted molar refractivity (Wildman–Crippen MR) is 113 cm³/mol. The van der Waals surface area contributed by atoms with Crippen molar-refractivity contribution in [2.75, 3.05) is 13.1 Å². The number of fused-ring (bicyclic) bond motifs is 1. The van der Waals surface area contributed by atoms with Gasteiger partial charge in [-0.15, -0.1) is 11.3 Å². The number of likely N-dealkylation sites (tertiary alicyclic amines) is 1. The summed E-state index contributed by atoms with van der Waals surface area (Å²) in [7, 11) is 0. The van der Waals surface area contributed by atoms with E-state index in [-0.39, 0.29) is 0 Å². The summed E-state index contributed by atoms with van der Waals surface area (Å²) in [6.45, 7) is 5.22. The van der Waals surface area contributed by atoms with E-state index in [1.165, 1.54) is 34.5 Å². The van der Waals surface area contributed by atoms with Gasteiger partial charge < -0.3 is 0 Å². The van der Waals surface area contributed by atoms with Gasteiger partial charge in [-0.25, -0.2) is 9.50 Å². The molecule has 0 amide bonds. The standard InChI is InChI=1S/C22H23N5S/c1-16-12-20(27-22(25-16)23-15-24-27)19-4-2-10-26(14-19)13-17-6-8-18(9-7-17)21-5-3-11-28-21/h3,5-9,11-12,15,19H,2,4,10,13-14H2,1H3. The Morgan fingerprint density at radius 3 is 2.89 bits per heavy atom. The van der Waals surface area contributed by atoms with Crippen LogP contribution in [0.1, 0.15) is 35.7 Å². The number of aromatic nitrogens is 4. The SMILES string of the molecule is Cc1cc(C2CCCN(Cc3ccc(-c4cccs4)cc3)C2)n2ncnc2n1. The molecule has 0 saturated carbocycles. The fourth-order valence-corrected chi connectivity index (χ4v) is 4.90. The maximum atomic E-state index is 4.48. The van der Waals surface area contributed by atoms with Crippen molar-refractivity contribution in [1.82, 2.24) is 24.5 Å². The van der Waals surface area contributed by atoms with Gasteiger partial charge in [-0.2, -0.15) is 10.1 Å². The lowest BCUT2D eigenvalue weighted by atomic mass is 9.93. The van der Waals surface area contributed by atoms with Crippen LogP contribution < -0.4 is 0 Å². The lowest BCUT2D eigenvalue weighted by Crippen LogP contribution is -2.34. The lowest BCUT2D eigenvalue weighted by Gasteiger charge is -2.33. The van der Waals surface area contributed by atoms with Crippen LogP contribution in [0.15, 0.2) is 54.2 Å². The average Bonchev–Trinajstić information content (AvgIpc) is 3.40. The van der Waals surface area contributed by atoms with E-state index in [1.807, 2.05) is 11.4 Å². The Balaban J connectivity index is 1.32. The first kappa shape index (κ1) is 17.5. The third-order valence-corrected chi connectivity index (χ3v) is 6.42. The molecule has 1 atom stereocenters. The Morgan fingerprint density at radius 2 is 2.07 bits per heavy atom. The summed E-state index contributed by atoms with van der Waals surface area (Å²) in [5, 5.41) is 6.53. The van der Waals surface area contributed by atoms with E-state index in [0.29, 0.717) is 11.7 Å². The molecule has 1 aliphatic heterocycles. The Morgan fingerprint density at radius 1 is 1.18 bits per heavy atom.